The lowest BCUT2D eigenvalue weighted by Gasteiger charge is -2.43. The van der Waals surface area contributed by atoms with E-state index in [2.05, 4.69) is 21.3 Å². The highest BCUT2D eigenvalue weighted by Crippen LogP contribution is 2.42. The quantitative estimate of drug-likeness (QED) is 0.518. The lowest BCUT2D eigenvalue weighted by molar-refractivity contribution is -0.140. The van der Waals surface area contributed by atoms with Gasteiger partial charge in [-0.05, 0) is 43.8 Å². The molecule has 2 aliphatic rings. The molecule has 0 saturated carbocycles. The van der Waals surface area contributed by atoms with Crippen LogP contribution in [0.15, 0.2) is 47.2 Å². The minimum absolute atomic E-state index is 0.0923. The van der Waals surface area contributed by atoms with Gasteiger partial charge in [0.2, 0.25) is 11.8 Å². The van der Waals surface area contributed by atoms with Crippen molar-refractivity contribution in [3.8, 4) is 0 Å². The molecule has 3 aromatic rings. The summed E-state index contributed by atoms with van der Waals surface area (Å²) in [5, 5.41) is 5.24. The van der Waals surface area contributed by atoms with Crippen molar-refractivity contribution in [2.45, 2.75) is 39.3 Å². The third-order valence-electron chi connectivity index (χ3n) is 6.80. The number of hydrogen-bond donors (Lipinski definition) is 0. The van der Waals surface area contributed by atoms with Gasteiger partial charge in [0.25, 0.3) is 0 Å². The molecule has 5 rings (SSSR count). The Balaban J connectivity index is 1.34. The molecule has 2 amide bonds. The van der Waals surface area contributed by atoms with Gasteiger partial charge < -0.3 is 9.80 Å². The molecule has 0 N–H and O–H groups in total. The summed E-state index contributed by atoms with van der Waals surface area (Å²) >= 11 is 3.31. The maximum absolute atomic E-state index is 13.8. The monoisotopic (exact) mass is 494 g/mol. The number of thiophene rings is 1. The molecule has 8 heteroatoms. The SMILES string of the molecule is Cc1ccc(N2C(=O)CCC(C(=O)N3CCN(Cc4csc(C)n4)CC3)C2c2cccs2)cc1. The van der Waals surface area contributed by atoms with Crippen LogP contribution < -0.4 is 4.90 Å². The Hall–Kier alpha value is -2.55. The number of rotatable bonds is 5. The van der Waals surface area contributed by atoms with Crippen LogP contribution in [0.4, 0.5) is 5.69 Å². The van der Waals surface area contributed by atoms with Gasteiger partial charge in [0.15, 0.2) is 0 Å². The molecule has 2 saturated heterocycles. The van der Waals surface area contributed by atoms with Crippen LogP contribution in [0.25, 0.3) is 0 Å². The standard InChI is InChI=1S/C26H30N4O2S2/c1-18-5-7-21(8-6-18)30-24(31)10-9-22(25(30)23-4-3-15-33-23)26(32)29-13-11-28(12-14-29)16-20-17-34-19(2)27-20/h3-8,15,17,22,25H,9-14,16H2,1-2H3. The Labute approximate surface area is 208 Å². The molecule has 2 aliphatic heterocycles. The number of carbonyl (C=O) groups is 2. The number of thiazole rings is 1. The van der Waals surface area contributed by atoms with Crippen molar-refractivity contribution in [2.24, 2.45) is 5.92 Å². The number of hydrogen-bond acceptors (Lipinski definition) is 6. The van der Waals surface area contributed by atoms with Gasteiger partial charge in [-0.3, -0.25) is 14.5 Å². The van der Waals surface area contributed by atoms with Gasteiger partial charge in [-0.1, -0.05) is 23.8 Å². The Morgan fingerprint density at radius 1 is 1.06 bits per heavy atom. The first kappa shape index (κ1) is 23.2. The summed E-state index contributed by atoms with van der Waals surface area (Å²) < 4.78 is 0. The van der Waals surface area contributed by atoms with Crippen molar-refractivity contribution in [1.82, 2.24) is 14.8 Å². The van der Waals surface area contributed by atoms with Gasteiger partial charge in [-0.25, -0.2) is 4.98 Å². The lowest BCUT2D eigenvalue weighted by atomic mass is 9.85. The van der Waals surface area contributed by atoms with Crippen molar-refractivity contribution in [3.63, 3.8) is 0 Å². The molecule has 178 valence electrons. The van der Waals surface area contributed by atoms with Crippen LogP contribution in [-0.4, -0.2) is 52.8 Å². The molecule has 0 aliphatic carbocycles. The molecular formula is C26H30N4O2S2. The van der Waals surface area contributed by atoms with Crippen LogP contribution in [0.2, 0.25) is 0 Å². The minimum Gasteiger partial charge on any atom is -0.340 e. The molecule has 1 aromatic carbocycles. The first-order chi connectivity index (χ1) is 16.5. The molecule has 2 aromatic heterocycles. The van der Waals surface area contributed by atoms with E-state index in [1.54, 1.807) is 22.7 Å². The van der Waals surface area contributed by atoms with E-state index >= 15 is 0 Å². The van der Waals surface area contributed by atoms with E-state index in [1.165, 1.54) is 0 Å². The Morgan fingerprint density at radius 3 is 2.47 bits per heavy atom. The summed E-state index contributed by atoms with van der Waals surface area (Å²) in [7, 11) is 0. The number of amides is 2. The zero-order valence-corrected chi connectivity index (χ0v) is 21.3. The van der Waals surface area contributed by atoms with E-state index in [9.17, 15) is 9.59 Å². The smallest absolute Gasteiger partial charge is 0.228 e. The van der Waals surface area contributed by atoms with Gasteiger partial charge in [-0.15, -0.1) is 22.7 Å². The summed E-state index contributed by atoms with van der Waals surface area (Å²) in [6.07, 6.45) is 0.996. The molecular weight excluding hydrogens is 464 g/mol. The highest BCUT2D eigenvalue weighted by Gasteiger charge is 2.43. The summed E-state index contributed by atoms with van der Waals surface area (Å²) in [4.78, 5) is 38.9. The summed E-state index contributed by atoms with van der Waals surface area (Å²) in [6, 6.07) is 11.9. The fraction of sp³-hybridized carbons (Fsp3) is 0.423. The number of benzene rings is 1. The van der Waals surface area contributed by atoms with Crippen LogP contribution in [0.3, 0.4) is 0 Å². The third kappa shape index (κ3) is 4.80. The van der Waals surface area contributed by atoms with Crippen LogP contribution in [0.1, 0.15) is 40.0 Å². The molecule has 0 radical (unpaired) electrons. The fourth-order valence-corrected chi connectivity index (χ4v) is 6.50. The number of carbonyl (C=O) groups excluding carboxylic acids is 2. The maximum atomic E-state index is 13.8. The van der Waals surface area contributed by atoms with Gasteiger partial charge in [0.05, 0.1) is 22.7 Å². The van der Waals surface area contributed by atoms with Crippen molar-refractivity contribution < 1.29 is 9.59 Å². The predicted molar refractivity (Wildman–Crippen MR) is 137 cm³/mol. The average Bonchev–Trinajstić information content (AvgIpc) is 3.52. The highest BCUT2D eigenvalue weighted by atomic mass is 32.1. The van der Waals surface area contributed by atoms with E-state index in [0.717, 1.165) is 46.5 Å². The number of anilines is 1. The van der Waals surface area contributed by atoms with Gasteiger partial charge in [0, 0.05) is 55.1 Å². The van der Waals surface area contributed by atoms with Crippen LogP contribution in [0.5, 0.6) is 0 Å². The minimum atomic E-state index is -0.257. The number of aryl methyl sites for hydroxylation is 2. The topological polar surface area (TPSA) is 56.8 Å². The largest absolute Gasteiger partial charge is 0.340 e. The van der Waals surface area contributed by atoms with Crippen molar-refractivity contribution in [3.05, 3.63) is 68.3 Å². The normalized spacial score (nSPS) is 21.8. The number of nitrogens with zero attached hydrogens (tertiary/aromatic N) is 4. The Morgan fingerprint density at radius 2 is 1.82 bits per heavy atom. The molecule has 0 spiro atoms. The summed E-state index contributed by atoms with van der Waals surface area (Å²) in [5.74, 6) is 0.0345. The number of piperidine rings is 1. The van der Waals surface area contributed by atoms with E-state index in [1.807, 2.05) is 59.4 Å². The van der Waals surface area contributed by atoms with E-state index in [0.29, 0.717) is 25.9 Å². The number of aromatic nitrogens is 1. The fourth-order valence-electron chi connectivity index (χ4n) is 5.02. The second kappa shape index (κ2) is 9.98. The molecule has 2 unspecified atom stereocenters. The second-order valence-corrected chi connectivity index (χ2v) is 11.2. The van der Waals surface area contributed by atoms with Gasteiger partial charge in [0.1, 0.15) is 0 Å². The van der Waals surface area contributed by atoms with E-state index < -0.39 is 0 Å². The Kier molecular flexibility index (Phi) is 6.81. The third-order valence-corrected chi connectivity index (χ3v) is 8.56. The van der Waals surface area contributed by atoms with Crippen molar-refractivity contribution in [2.75, 3.05) is 31.1 Å². The molecule has 4 heterocycles. The molecule has 6 nitrogen and oxygen atoms in total. The zero-order valence-electron chi connectivity index (χ0n) is 19.6. The summed E-state index contributed by atoms with van der Waals surface area (Å²) in [6.45, 7) is 8.04. The predicted octanol–water partition coefficient (Wildman–Crippen LogP) is 4.65. The number of piperazine rings is 1. The second-order valence-electron chi connectivity index (χ2n) is 9.16. The molecule has 0 bridgehead atoms. The molecule has 34 heavy (non-hydrogen) atoms. The van der Waals surface area contributed by atoms with Crippen molar-refractivity contribution >= 4 is 40.2 Å². The first-order valence-corrected chi connectivity index (χ1v) is 13.6. The average molecular weight is 495 g/mol. The zero-order chi connectivity index (χ0) is 23.7. The molecule has 2 fully saturated rings. The van der Waals surface area contributed by atoms with Crippen molar-refractivity contribution in [1.29, 1.82) is 0 Å². The van der Waals surface area contributed by atoms with Crippen LogP contribution in [0, 0.1) is 19.8 Å². The first-order valence-electron chi connectivity index (χ1n) is 11.8. The maximum Gasteiger partial charge on any atom is 0.228 e. The van der Waals surface area contributed by atoms with Gasteiger partial charge in [-0.2, -0.15) is 0 Å². The van der Waals surface area contributed by atoms with E-state index in [-0.39, 0.29) is 23.8 Å². The summed E-state index contributed by atoms with van der Waals surface area (Å²) in [5.41, 5.74) is 3.13. The van der Waals surface area contributed by atoms with Gasteiger partial charge >= 0.3 is 0 Å². The van der Waals surface area contributed by atoms with E-state index in [4.69, 9.17) is 0 Å². The van der Waals surface area contributed by atoms with Crippen LogP contribution in [-0.2, 0) is 16.1 Å². The Bertz CT molecular complexity index is 1130. The molecule has 2 atom stereocenters. The lowest BCUT2D eigenvalue weighted by Crippen LogP contribution is -2.53. The van der Waals surface area contributed by atoms with Crippen LogP contribution >= 0.6 is 22.7 Å². The highest BCUT2D eigenvalue weighted by molar-refractivity contribution is 7.10.